The van der Waals surface area contributed by atoms with E-state index in [1.807, 2.05) is 0 Å². The highest BCUT2D eigenvalue weighted by Gasteiger charge is 2.18. The van der Waals surface area contributed by atoms with Crippen LogP contribution in [0.1, 0.15) is 19.3 Å². The van der Waals surface area contributed by atoms with Crippen LogP contribution in [-0.2, 0) is 4.79 Å². The van der Waals surface area contributed by atoms with E-state index in [9.17, 15) is 9.59 Å². The summed E-state index contributed by atoms with van der Waals surface area (Å²) in [6.45, 7) is 0. The summed E-state index contributed by atoms with van der Waals surface area (Å²) in [6.07, 6.45) is 6.82. The molecule has 1 heterocycles. The van der Waals surface area contributed by atoms with E-state index in [4.69, 9.17) is 0 Å². The quantitative estimate of drug-likeness (QED) is 0.721. The Hall–Kier alpha value is -2.30. The fraction of sp³-hybridized carbons (Fsp3) is 0.286. The SMILES string of the molecule is O=C(Nc1ccc2[nH]c(=O)[nH]c2c1)[C@H]1CC=CCC1. The molecule has 0 spiro atoms. The van der Waals surface area contributed by atoms with Crippen LogP contribution in [0.5, 0.6) is 0 Å². The van der Waals surface area contributed by atoms with Crippen molar-refractivity contribution >= 4 is 22.6 Å². The third-order valence-corrected chi connectivity index (χ3v) is 3.42. The lowest BCUT2D eigenvalue weighted by Gasteiger charge is -2.17. The Kier molecular flexibility index (Phi) is 2.95. The highest BCUT2D eigenvalue weighted by Crippen LogP contribution is 2.21. The smallest absolute Gasteiger partial charge is 0.323 e. The van der Waals surface area contributed by atoms with Gasteiger partial charge in [0.2, 0.25) is 5.91 Å². The van der Waals surface area contributed by atoms with Crippen LogP contribution in [0.3, 0.4) is 0 Å². The topological polar surface area (TPSA) is 77.8 Å². The number of aromatic amines is 2. The monoisotopic (exact) mass is 257 g/mol. The Morgan fingerprint density at radius 1 is 1.21 bits per heavy atom. The van der Waals surface area contributed by atoms with Crippen LogP contribution in [0.2, 0.25) is 0 Å². The van der Waals surface area contributed by atoms with Crippen molar-refractivity contribution in [1.82, 2.24) is 9.97 Å². The molecule has 0 aliphatic heterocycles. The zero-order valence-electron chi connectivity index (χ0n) is 10.4. The zero-order valence-corrected chi connectivity index (χ0v) is 10.4. The summed E-state index contributed by atoms with van der Waals surface area (Å²) in [5.41, 5.74) is 1.91. The Labute approximate surface area is 109 Å². The number of aromatic nitrogens is 2. The number of hydrogen-bond acceptors (Lipinski definition) is 2. The Bertz CT molecular complexity index is 696. The maximum Gasteiger partial charge on any atom is 0.323 e. The van der Waals surface area contributed by atoms with Crippen LogP contribution < -0.4 is 11.0 Å². The maximum atomic E-state index is 12.1. The molecule has 0 saturated heterocycles. The predicted octanol–water partition coefficient (Wildman–Crippen LogP) is 2.15. The van der Waals surface area contributed by atoms with E-state index in [1.165, 1.54) is 0 Å². The van der Waals surface area contributed by atoms with Crippen LogP contribution in [0.4, 0.5) is 5.69 Å². The van der Waals surface area contributed by atoms with Gasteiger partial charge in [-0.25, -0.2) is 4.79 Å². The van der Waals surface area contributed by atoms with Gasteiger partial charge in [0.05, 0.1) is 11.0 Å². The van der Waals surface area contributed by atoms with E-state index in [0.717, 1.165) is 24.8 Å². The molecule has 2 aromatic rings. The average molecular weight is 257 g/mol. The number of carbonyl (C=O) groups is 1. The number of amides is 1. The first-order valence-electron chi connectivity index (χ1n) is 6.40. The number of hydrogen-bond donors (Lipinski definition) is 3. The largest absolute Gasteiger partial charge is 0.326 e. The van der Waals surface area contributed by atoms with E-state index in [2.05, 4.69) is 27.4 Å². The number of nitrogens with one attached hydrogen (secondary N) is 3. The van der Waals surface area contributed by atoms with Crippen LogP contribution >= 0.6 is 0 Å². The van der Waals surface area contributed by atoms with Gasteiger partial charge in [0.1, 0.15) is 0 Å². The molecule has 19 heavy (non-hydrogen) atoms. The van der Waals surface area contributed by atoms with Gasteiger partial charge in [-0.1, -0.05) is 12.2 Å². The summed E-state index contributed by atoms with van der Waals surface area (Å²) < 4.78 is 0. The first kappa shape index (κ1) is 11.8. The Morgan fingerprint density at radius 2 is 2.05 bits per heavy atom. The lowest BCUT2D eigenvalue weighted by Crippen LogP contribution is -2.23. The van der Waals surface area contributed by atoms with Gasteiger partial charge in [-0.2, -0.15) is 0 Å². The summed E-state index contributed by atoms with van der Waals surface area (Å²) in [7, 11) is 0. The molecule has 3 rings (SSSR count). The predicted molar refractivity (Wildman–Crippen MR) is 74.0 cm³/mol. The van der Waals surface area contributed by atoms with E-state index >= 15 is 0 Å². The number of H-pyrrole nitrogens is 2. The molecule has 98 valence electrons. The maximum absolute atomic E-state index is 12.1. The number of allylic oxidation sites excluding steroid dienone is 2. The van der Waals surface area contributed by atoms with Crippen molar-refractivity contribution in [3.8, 4) is 0 Å². The summed E-state index contributed by atoms with van der Waals surface area (Å²) in [5, 5.41) is 2.90. The summed E-state index contributed by atoms with van der Waals surface area (Å²) in [4.78, 5) is 28.6. The number of anilines is 1. The molecular weight excluding hydrogens is 242 g/mol. The molecule has 3 N–H and O–H groups in total. The molecule has 0 bridgehead atoms. The van der Waals surface area contributed by atoms with Gasteiger partial charge in [0.15, 0.2) is 0 Å². The minimum atomic E-state index is -0.240. The Balaban J connectivity index is 1.78. The van der Waals surface area contributed by atoms with Crippen molar-refractivity contribution in [2.24, 2.45) is 5.92 Å². The second-order valence-electron chi connectivity index (χ2n) is 4.81. The zero-order chi connectivity index (χ0) is 13.2. The first-order chi connectivity index (χ1) is 9.22. The van der Waals surface area contributed by atoms with Gasteiger partial charge < -0.3 is 15.3 Å². The number of rotatable bonds is 2. The number of carbonyl (C=O) groups excluding carboxylic acids is 1. The van der Waals surface area contributed by atoms with E-state index in [-0.39, 0.29) is 17.5 Å². The third kappa shape index (κ3) is 2.45. The molecule has 0 fully saturated rings. The van der Waals surface area contributed by atoms with E-state index in [0.29, 0.717) is 11.2 Å². The van der Waals surface area contributed by atoms with Crippen molar-refractivity contribution < 1.29 is 4.79 Å². The highest BCUT2D eigenvalue weighted by molar-refractivity contribution is 5.94. The van der Waals surface area contributed by atoms with Crippen molar-refractivity contribution in [1.29, 1.82) is 0 Å². The van der Waals surface area contributed by atoms with Crippen molar-refractivity contribution in [3.63, 3.8) is 0 Å². The number of imidazole rings is 1. The highest BCUT2D eigenvalue weighted by atomic mass is 16.2. The van der Waals surface area contributed by atoms with Gasteiger partial charge in [-0.05, 0) is 37.5 Å². The normalized spacial score (nSPS) is 18.6. The molecular formula is C14H15N3O2. The third-order valence-electron chi connectivity index (χ3n) is 3.42. The summed E-state index contributed by atoms with van der Waals surface area (Å²) >= 11 is 0. The second kappa shape index (κ2) is 4.76. The van der Waals surface area contributed by atoms with Gasteiger partial charge in [-0.3, -0.25) is 4.79 Å². The number of fused-ring (bicyclic) bond motifs is 1. The van der Waals surface area contributed by atoms with Crippen LogP contribution in [0, 0.1) is 5.92 Å². The average Bonchev–Trinajstić information content (AvgIpc) is 2.79. The van der Waals surface area contributed by atoms with Crippen LogP contribution in [0.25, 0.3) is 11.0 Å². The fourth-order valence-electron chi connectivity index (χ4n) is 2.39. The molecule has 1 aromatic heterocycles. The van der Waals surface area contributed by atoms with Crippen LogP contribution in [-0.4, -0.2) is 15.9 Å². The Morgan fingerprint density at radius 3 is 2.84 bits per heavy atom. The molecule has 5 heteroatoms. The van der Waals surface area contributed by atoms with Gasteiger partial charge >= 0.3 is 5.69 Å². The van der Waals surface area contributed by atoms with Crippen LogP contribution in [0.15, 0.2) is 35.1 Å². The second-order valence-corrected chi connectivity index (χ2v) is 4.81. The molecule has 1 atom stereocenters. The van der Waals surface area contributed by atoms with Gasteiger partial charge in [-0.15, -0.1) is 0 Å². The fourth-order valence-corrected chi connectivity index (χ4v) is 2.39. The molecule has 0 saturated carbocycles. The lowest BCUT2D eigenvalue weighted by atomic mass is 9.93. The van der Waals surface area contributed by atoms with Gasteiger partial charge in [0, 0.05) is 11.6 Å². The standard InChI is InChI=1S/C14H15N3O2/c18-13(9-4-2-1-3-5-9)15-10-6-7-11-12(8-10)17-14(19)16-11/h1-2,6-9H,3-5H2,(H,15,18)(H2,16,17,19)/t9-/m0/s1. The molecule has 1 amide bonds. The van der Waals surface area contributed by atoms with Crippen molar-refractivity contribution in [2.45, 2.75) is 19.3 Å². The minimum absolute atomic E-state index is 0.0431. The molecule has 1 aliphatic carbocycles. The molecule has 1 aromatic carbocycles. The lowest BCUT2D eigenvalue weighted by molar-refractivity contribution is -0.120. The van der Waals surface area contributed by atoms with Crippen molar-refractivity contribution in [2.75, 3.05) is 5.32 Å². The van der Waals surface area contributed by atoms with Crippen molar-refractivity contribution in [3.05, 3.63) is 40.8 Å². The van der Waals surface area contributed by atoms with Gasteiger partial charge in [0.25, 0.3) is 0 Å². The minimum Gasteiger partial charge on any atom is -0.326 e. The first-order valence-corrected chi connectivity index (χ1v) is 6.40. The summed E-state index contributed by atoms with van der Waals surface area (Å²) in [5.74, 6) is 0.0903. The van der Waals surface area contributed by atoms with E-state index in [1.54, 1.807) is 18.2 Å². The molecule has 0 unspecified atom stereocenters. The molecule has 5 nitrogen and oxygen atoms in total. The molecule has 1 aliphatic rings. The summed E-state index contributed by atoms with van der Waals surface area (Å²) in [6, 6.07) is 5.34. The molecule has 0 radical (unpaired) electrons. The number of benzene rings is 1. The van der Waals surface area contributed by atoms with E-state index < -0.39 is 0 Å².